The van der Waals surface area contributed by atoms with Crippen molar-refractivity contribution in [3.05, 3.63) is 34.1 Å². The van der Waals surface area contributed by atoms with Crippen LogP contribution in [0.2, 0.25) is 0 Å². The van der Waals surface area contributed by atoms with Crippen LogP contribution in [0.4, 0.5) is 4.39 Å². The molecule has 1 heterocycles. The van der Waals surface area contributed by atoms with Crippen LogP contribution in [0.5, 0.6) is 0 Å². The van der Waals surface area contributed by atoms with Crippen molar-refractivity contribution in [1.29, 1.82) is 0 Å². The van der Waals surface area contributed by atoms with E-state index >= 15 is 0 Å². The van der Waals surface area contributed by atoms with Gasteiger partial charge in [-0.15, -0.1) is 0 Å². The fourth-order valence-corrected chi connectivity index (χ4v) is 5.61. The molecule has 1 nitrogen and oxygen atoms in total. The van der Waals surface area contributed by atoms with Gasteiger partial charge in [-0.2, -0.15) is 23.5 Å². The Labute approximate surface area is 131 Å². The average Bonchev–Trinajstić information content (AvgIpc) is 2.38. The Kier molecular flexibility index (Phi) is 5.64. The number of halogens is 2. The predicted molar refractivity (Wildman–Crippen MR) is 88.5 cm³/mol. The molecule has 1 aromatic rings. The highest BCUT2D eigenvalue weighted by Gasteiger charge is 2.29. The molecule has 4 unspecified atom stereocenters. The molecule has 1 aliphatic heterocycles. The van der Waals surface area contributed by atoms with E-state index in [2.05, 4.69) is 29.8 Å². The van der Waals surface area contributed by atoms with E-state index in [1.54, 1.807) is 6.07 Å². The topological polar surface area (TPSA) is 26.0 Å². The van der Waals surface area contributed by atoms with Gasteiger partial charge in [-0.1, -0.05) is 26.0 Å². The summed E-state index contributed by atoms with van der Waals surface area (Å²) in [5, 5.41) is 1.77. The van der Waals surface area contributed by atoms with Gasteiger partial charge in [0.15, 0.2) is 0 Å². The molecule has 0 aliphatic carbocycles. The van der Waals surface area contributed by atoms with Crippen molar-refractivity contribution in [2.24, 2.45) is 5.73 Å². The third kappa shape index (κ3) is 3.90. The van der Waals surface area contributed by atoms with Crippen LogP contribution in [0.1, 0.15) is 19.4 Å². The van der Waals surface area contributed by atoms with Gasteiger partial charge in [0.1, 0.15) is 5.82 Å². The lowest BCUT2D eigenvalue weighted by atomic mass is 10.0. The van der Waals surface area contributed by atoms with Gasteiger partial charge in [0.2, 0.25) is 0 Å². The Morgan fingerprint density at radius 2 is 2.16 bits per heavy atom. The van der Waals surface area contributed by atoms with Crippen molar-refractivity contribution in [1.82, 2.24) is 0 Å². The van der Waals surface area contributed by atoms with Crippen molar-refractivity contribution in [3.63, 3.8) is 0 Å². The summed E-state index contributed by atoms with van der Waals surface area (Å²) in [5.74, 6) is 0.877. The molecule has 0 bridgehead atoms. The summed E-state index contributed by atoms with van der Waals surface area (Å²) in [6.45, 7) is 4.53. The molecule has 19 heavy (non-hydrogen) atoms. The van der Waals surface area contributed by atoms with Crippen LogP contribution in [0, 0.1) is 5.82 Å². The molecule has 1 aromatic carbocycles. The molecule has 1 aliphatic rings. The molecular formula is C14H19BrFNS2. The van der Waals surface area contributed by atoms with Crippen molar-refractivity contribution >= 4 is 39.5 Å². The lowest BCUT2D eigenvalue weighted by Crippen LogP contribution is -2.41. The monoisotopic (exact) mass is 363 g/mol. The molecule has 4 atom stereocenters. The van der Waals surface area contributed by atoms with Gasteiger partial charge in [0.05, 0.1) is 4.47 Å². The predicted octanol–water partition coefficient (Wildman–Crippen LogP) is 4.08. The largest absolute Gasteiger partial charge is 0.326 e. The highest BCUT2D eigenvalue weighted by atomic mass is 79.9. The summed E-state index contributed by atoms with van der Waals surface area (Å²) in [4.78, 5) is 0. The molecule has 0 amide bonds. The van der Waals surface area contributed by atoms with Crippen molar-refractivity contribution in [3.8, 4) is 0 Å². The highest BCUT2D eigenvalue weighted by molar-refractivity contribution is 9.10. The number of hydrogen-bond donors (Lipinski definition) is 1. The Hall–Kier alpha value is 0.290. The first-order valence-electron chi connectivity index (χ1n) is 6.44. The zero-order valence-electron chi connectivity index (χ0n) is 11.1. The van der Waals surface area contributed by atoms with Gasteiger partial charge in [0, 0.05) is 27.5 Å². The van der Waals surface area contributed by atoms with Crippen molar-refractivity contribution < 1.29 is 4.39 Å². The van der Waals surface area contributed by atoms with Crippen LogP contribution in [0.3, 0.4) is 0 Å². The zero-order valence-corrected chi connectivity index (χ0v) is 14.3. The van der Waals surface area contributed by atoms with E-state index in [1.165, 1.54) is 6.07 Å². The van der Waals surface area contributed by atoms with E-state index in [0.717, 1.165) is 17.7 Å². The lowest BCUT2D eigenvalue weighted by Gasteiger charge is -2.34. The van der Waals surface area contributed by atoms with Crippen LogP contribution in [0.25, 0.3) is 0 Å². The van der Waals surface area contributed by atoms with Crippen LogP contribution < -0.4 is 5.73 Å². The molecular weight excluding hydrogens is 345 g/mol. The third-order valence-corrected chi connectivity index (χ3v) is 8.00. The van der Waals surface area contributed by atoms with E-state index in [0.29, 0.717) is 20.2 Å². The van der Waals surface area contributed by atoms with Crippen molar-refractivity contribution in [2.45, 2.75) is 42.1 Å². The molecule has 106 valence electrons. The normalized spacial score (nSPS) is 29.2. The van der Waals surface area contributed by atoms with E-state index in [4.69, 9.17) is 5.73 Å². The minimum Gasteiger partial charge on any atom is -0.326 e. The van der Waals surface area contributed by atoms with E-state index < -0.39 is 0 Å². The summed E-state index contributed by atoms with van der Waals surface area (Å²) in [7, 11) is 0. The average molecular weight is 364 g/mol. The molecule has 0 radical (unpaired) electrons. The summed E-state index contributed by atoms with van der Waals surface area (Å²) in [5.41, 5.74) is 7.29. The molecule has 5 heteroatoms. The van der Waals surface area contributed by atoms with Crippen LogP contribution in [-0.2, 0) is 6.42 Å². The number of thioether (sulfide) groups is 2. The second-order valence-electron chi connectivity index (χ2n) is 5.00. The number of benzene rings is 1. The Morgan fingerprint density at radius 1 is 1.42 bits per heavy atom. The van der Waals surface area contributed by atoms with Gasteiger partial charge in [-0.3, -0.25) is 0 Å². The van der Waals surface area contributed by atoms with E-state index in [1.807, 2.05) is 29.6 Å². The first-order valence-corrected chi connectivity index (χ1v) is 9.23. The highest BCUT2D eigenvalue weighted by Crippen LogP contribution is 2.37. The lowest BCUT2D eigenvalue weighted by molar-refractivity contribution is 0.609. The quantitative estimate of drug-likeness (QED) is 0.875. The Balaban J connectivity index is 2.01. The number of nitrogens with two attached hydrogens (primary N) is 1. The molecule has 2 rings (SSSR count). The SMILES string of the molecule is CC1SCC(C(N)Cc2cccc(F)c2Br)SC1C. The minimum atomic E-state index is -0.211. The maximum Gasteiger partial charge on any atom is 0.137 e. The first kappa shape index (κ1) is 15.7. The smallest absolute Gasteiger partial charge is 0.137 e. The van der Waals surface area contributed by atoms with Gasteiger partial charge < -0.3 is 5.73 Å². The maximum atomic E-state index is 13.5. The van der Waals surface area contributed by atoms with E-state index in [9.17, 15) is 4.39 Å². The molecule has 2 N–H and O–H groups in total. The van der Waals surface area contributed by atoms with Crippen LogP contribution in [0.15, 0.2) is 22.7 Å². The van der Waals surface area contributed by atoms with Gasteiger partial charge in [0.25, 0.3) is 0 Å². The Bertz CT molecular complexity index is 443. The van der Waals surface area contributed by atoms with Crippen LogP contribution in [-0.4, -0.2) is 27.5 Å². The standard InChI is InChI=1S/C14H19BrFNS2/c1-8-9(2)19-13(7-18-8)12(17)6-10-4-3-5-11(16)14(10)15/h3-5,8-9,12-13H,6-7,17H2,1-2H3. The summed E-state index contributed by atoms with van der Waals surface area (Å²) >= 11 is 7.28. The summed E-state index contributed by atoms with van der Waals surface area (Å²) in [6, 6.07) is 5.23. The third-order valence-electron chi connectivity index (χ3n) is 3.54. The van der Waals surface area contributed by atoms with E-state index in [-0.39, 0.29) is 11.9 Å². The molecule has 0 saturated carbocycles. The van der Waals surface area contributed by atoms with Gasteiger partial charge in [-0.05, 0) is 34.0 Å². The molecule has 1 fully saturated rings. The minimum absolute atomic E-state index is 0.0746. The zero-order chi connectivity index (χ0) is 14.0. The summed E-state index contributed by atoms with van der Waals surface area (Å²) < 4.78 is 14.0. The fraction of sp³-hybridized carbons (Fsp3) is 0.571. The van der Waals surface area contributed by atoms with Crippen LogP contribution >= 0.6 is 39.5 Å². The number of rotatable bonds is 3. The second-order valence-corrected chi connectivity index (χ2v) is 8.82. The molecule has 1 saturated heterocycles. The molecule has 0 spiro atoms. The summed E-state index contributed by atoms with van der Waals surface area (Å²) in [6.07, 6.45) is 0.720. The second kappa shape index (κ2) is 6.83. The number of hydrogen-bond acceptors (Lipinski definition) is 3. The molecule has 0 aromatic heterocycles. The van der Waals surface area contributed by atoms with Crippen molar-refractivity contribution in [2.75, 3.05) is 5.75 Å². The van der Waals surface area contributed by atoms with Gasteiger partial charge >= 0.3 is 0 Å². The maximum absolute atomic E-state index is 13.5. The first-order chi connectivity index (χ1) is 8.99. The van der Waals surface area contributed by atoms with Gasteiger partial charge in [-0.25, -0.2) is 4.39 Å². The Morgan fingerprint density at radius 3 is 2.84 bits per heavy atom. The fourth-order valence-electron chi connectivity index (χ4n) is 2.12.